The molecule has 92 valence electrons. The average Bonchev–Trinajstić information content (AvgIpc) is 2.31. The van der Waals surface area contributed by atoms with E-state index < -0.39 is 0 Å². The van der Waals surface area contributed by atoms with E-state index in [2.05, 4.69) is 32.0 Å². The number of benzene rings is 1. The van der Waals surface area contributed by atoms with E-state index in [9.17, 15) is 4.79 Å². The van der Waals surface area contributed by atoms with E-state index in [0.717, 1.165) is 24.0 Å². The van der Waals surface area contributed by atoms with Crippen LogP contribution >= 0.6 is 0 Å². The standard InChI is InChI=1S/C16H22O/c1-11-5-4-6-14(9-11)16(17)15-10-12(2)7-8-13(15)3/h7-8,10-11,14H,4-6,9H2,1-3H3. The molecule has 0 heterocycles. The maximum absolute atomic E-state index is 12.5. The van der Waals surface area contributed by atoms with Crippen LogP contribution in [0, 0.1) is 25.7 Å². The van der Waals surface area contributed by atoms with Crippen LogP contribution < -0.4 is 0 Å². The molecule has 0 aliphatic heterocycles. The van der Waals surface area contributed by atoms with Crippen molar-refractivity contribution in [2.24, 2.45) is 11.8 Å². The van der Waals surface area contributed by atoms with E-state index in [0.29, 0.717) is 11.7 Å². The predicted molar refractivity (Wildman–Crippen MR) is 71.4 cm³/mol. The zero-order chi connectivity index (χ0) is 12.4. The van der Waals surface area contributed by atoms with E-state index in [1.54, 1.807) is 0 Å². The molecule has 1 heteroatoms. The Hall–Kier alpha value is -1.11. The van der Waals surface area contributed by atoms with Gasteiger partial charge >= 0.3 is 0 Å². The molecule has 0 amide bonds. The van der Waals surface area contributed by atoms with Crippen molar-refractivity contribution < 1.29 is 4.79 Å². The molecule has 0 spiro atoms. The Morgan fingerprint density at radius 2 is 2.00 bits per heavy atom. The number of aryl methyl sites for hydroxylation is 2. The summed E-state index contributed by atoms with van der Waals surface area (Å²) in [6.45, 7) is 6.36. The van der Waals surface area contributed by atoms with Gasteiger partial charge in [0.25, 0.3) is 0 Å². The van der Waals surface area contributed by atoms with Crippen LogP contribution in [0.15, 0.2) is 18.2 Å². The molecule has 0 aromatic heterocycles. The van der Waals surface area contributed by atoms with Gasteiger partial charge in [0.1, 0.15) is 0 Å². The summed E-state index contributed by atoms with van der Waals surface area (Å²) >= 11 is 0. The molecule has 0 saturated heterocycles. The molecule has 1 aliphatic rings. The normalized spacial score (nSPS) is 24.6. The Morgan fingerprint density at radius 1 is 1.24 bits per heavy atom. The lowest BCUT2D eigenvalue weighted by molar-refractivity contribution is 0.0867. The smallest absolute Gasteiger partial charge is 0.166 e. The third-order valence-electron chi connectivity index (χ3n) is 3.97. The minimum absolute atomic E-state index is 0.263. The molecule has 2 unspecified atom stereocenters. The minimum atomic E-state index is 0.263. The van der Waals surface area contributed by atoms with Crippen molar-refractivity contribution in [2.75, 3.05) is 0 Å². The van der Waals surface area contributed by atoms with Gasteiger partial charge in [0.05, 0.1) is 0 Å². The van der Waals surface area contributed by atoms with Crippen LogP contribution in [0.25, 0.3) is 0 Å². The molecule has 1 aromatic rings. The second-order valence-electron chi connectivity index (χ2n) is 5.65. The van der Waals surface area contributed by atoms with Crippen LogP contribution in [0.3, 0.4) is 0 Å². The Balaban J connectivity index is 2.21. The van der Waals surface area contributed by atoms with Crippen molar-refractivity contribution in [2.45, 2.75) is 46.5 Å². The Kier molecular flexibility index (Phi) is 3.66. The summed E-state index contributed by atoms with van der Waals surface area (Å²) in [5, 5.41) is 0. The molecular weight excluding hydrogens is 208 g/mol. The number of carbonyl (C=O) groups is 1. The second kappa shape index (κ2) is 5.03. The van der Waals surface area contributed by atoms with E-state index in [1.165, 1.54) is 18.4 Å². The first kappa shape index (κ1) is 12.3. The highest BCUT2D eigenvalue weighted by Crippen LogP contribution is 2.31. The van der Waals surface area contributed by atoms with Crippen molar-refractivity contribution in [3.63, 3.8) is 0 Å². The molecule has 1 saturated carbocycles. The van der Waals surface area contributed by atoms with Crippen LogP contribution in [0.5, 0.6) is 0 Å². The lowest BCUT2D eigenvalue weighted by Crippen LogP contribution is -2.22. The first-order valence-electron chi connectivity index (χ1n) is 6.69. The molecule has 17 heavy (non-hydrogen) atoms. The summed E-state index contributed by atoms with van der Waals surface area (Å²) in [7, 11) is 0. The zero-order valence-electron chi connectivity index (χ0n) is 11.1. The fraction of sp³-hybridized carbons (Fsp3) is 0.562. The lowest BCUT2D eigenvalue weighted by atomic mass is 9.78. The zero-order valence-corrected chi connectivity index (χ0v) is 11.1. The SMILES string of the molecule is Cc1ccc(C)c(C(=O)C2CCCC(C)C2)c1. The van der Waals surface area contributed by atoms with E-state index >= 15 is 0 Å². The molecule has 2 atom stereocenters. The number of carbonyl (C=O) groups excluding carboxylic acids is 1. The monoisotopic (exact) mass is 230 g/mol. The summed E-state index contributed by atoms with van der Waals surface area (Å²) in [5.41, 5.74) is 3.26. The summed E-state index contributed by atoms with van der Waals surface area (Å²) in [6.07, 6.45) is 4.65. The van der Waals surface area contributed by atoms with Crippen LogP contribution in [-0.2, 0) is 0 Å². The molecule has 1 nitrogen and oxygen atoms in total. The number of ketones is 1. The topological polar surface area (TPSA) is 17.1 Å². The third kappa shape index (κ3) is 2.77. The molecule has 1 aliphatic carbocycles. The second-order valence-corrected chi connectivity index (χ2v) is 5.65. The summed E-state index contributed by atoms with van der Waals surface area (Å²) < 4.78 is 0. The van der Waals surface area contributed by atoms with Crippen LogP contribution in [-0.4, -0.2) is 5.78 Å². The number of rotatable bonds is 2. The van der Waals surface area contributed by atoms with Gasteiger partial charge in [0.15, 0.2) is 5.78 Å². The van der Waals surface area contributed by atoms with Crippen molar-refractivity contribution in [3.05, 3.63) is 34.9 Å². The highest BCUT2D eigenvalue weighted by atomic mass is 16.1. The third-order valence-corrected chi connectivity index (χ3v) is 3.97. The van der Waals surface area contributed by atoms with Crippen LogP contribution in [0.2, 0.25) is 0 Å². The summed E-state index contributed by atoms with van der Waals surface area (Å²) in [5.74, 6) is 1.35. The quantitative estimate of drug-likeness (QED) is 0.692. The van der Waals surface area contributed by atoms with Gasteiger partial charge in [0.2, 0.25) is 0 Å². The molecule has 0 radical (unpaired) electrons. The minimum Gasteiger partial charge on any atom is -0.294 e. The lowest BCUT2D eigenvalue weighted by Gasteiger charge is -2.26. The van der Waals surface area contributed by atoms with Crippen molar-refractivity contribution in [3.8, 4) is 0 Å². The Labute approximate surface area is 104 Å². The largest absolute Gasteiger partial charge is 0.294 e. The van der Waals surface area contributed by atoms with Crippen molar-refractivity contribution in [1.82, 2.24) is 0 Å². The van der Waals surface area contributed by atoms with Gasteiger partial charge in [-0.15, -0.1) is 0 Å². The molecule has 0 bridgehead atoms. The van der Waals surface area contributed by atoms with Crippen molar-refractivity contribution in [1.29, 1.82) is 0 Å². The van der Waals surface area contributed by atoms with Gasteiger partial charge in [-0.3, -0.25) is 4.79 Å². The summed E-state index contributed by atoms with van der Waals surface area (Å²) in [4.78, 5) is 12.5. The van der Waals surface area contributed by atoms with Gasteiger partial charge in [-0.2, -0.15) is 0 Å². The highest BCUT2D eigenvalue weighted by molar-refractivity contribution is 5.99. The van der Waals surface area contributed by atoms with Gasteiger partial charge < -0.3 is 0 Å². The first-order valence-corrected chi connectivity index (χ1v) is 6.69. The maximum Gasteiger partial charge on any atom is 0.166 e. The highest BCUT2D eigenvalue weighted by Gasteiger charge is 2.26. The van der Waals surface area contributed by atoms with Gasteiger partial charge in [0, 0.05) is 11.5 Å². The Bertz CT molecular complexity index is 420. The van der Waals surface area contributed by atoms with Crippen molar-refractivity contribution >= 4 is 5.78 Å². The maximum atomic E-state index is 12.5. The molecule has 1 fully saturated rings. The van der Waals surface area contributed by atoms with Crippen LogP contribution in [0.4, 0.5) is 0 Å². The number of hydrogen-bond donors (Lipinski definition) is 0. The van der Waals surface area contributed by atoms with E-state index in [1.807, 2.05) is 6.92 Å². The number of hydrogen-bond acceptors (Lipinski definition) is 1. The fourth-order valence-corrected chi connectivity index (χ4v) is 2.89. The average molecular weight is 230 g/mol. The van der Waals surface area contributed by atoms with Gasteiger partial charge in [-0.1, -0.05) is 37.5 Å². The predicted octanol–water partition coefficient (Wildman–Crippen LogP) is 4.31. The summed E-state index contributed by atoms with van der Waals surface area (Å²) in [6, 6.07) is 6.20. The molecule has 1 aromatic carbocycles. The van der Waals surface area contributed by atoms with E-state index in [-0.39, 0.29) is 5.92 Å². The number of Topliss-reactive ketones (excluding diaryl/α,β-unsaturated/α-hetero) is 1. The van der Waals surface area contributed by atoms with Gasteiger partial charge in [-0.25, -0.2) is 0 Å². The fourth-order valence-electron chi connectivity index (χ4n) is 2.89. The molecular formula is C16H22O. The first-order chi connectivity index (χ1) is 8.08. The van der Waals surface area contributed by atoms with Crippen LogP contribution in [0.1, 0.15) is 54.1 Å². The van der Waals surface area contributed by atoms with E-state index in [4.69, 9.17) is 0 Å². The molecule has 2 rings (SSSR count). The molecule has 0 N–H and O–H groups in total. The Morgan fingerprint density at radius 3 is 2.71 bits per heavy atom. The van der Waals surface area contributed by atoms with Gasteiger partial charge in [-0.05, 0) is 44.2 Å².